The Hall–Kier alpha value is -7.14. The molecule has 0 unspecified atom stereocenters. The van der Waals surface area contributed by atoms with Crippen molar-refractivity contribution in [2.45, 2.75) is 0 Å². The first-order valence-electron chi connectivity index (χ1n) is 17.3. The van der Waals surface area contributed by atoms with Gasteiger partial charge in [-0.1, -0.05) is 121 Å². The summed E-state index contributed by atoms with van der Waals surface area (Å²) in [4.78, 5) is 15.0. The van der Waals surface area contributed by atoms with E-state index in [9.17, 15) is 5.26 Å². The van der Waals surface area contributed by atoms with Gasteiger partial charge in [0.1, 0.15) is 17.2 Å². The smallest absolute Gasteiger partial charge is 0.169 e. The number of nitrogens with zero attached hydrogens (tertiary/aromatic N) is 5. The molecule has 6 nitrogen and oxygen atoms in total. The summed E-state index contributed by atoms with van der Waals surface area (Å²) in [5, 5.41) is 17.7. The molecule has 0 atom stereocenters. The van der Waals surface area contributed by atoms with Gasteiger partial charge in [-0.3, -0.25) is 0 Å². The van der Waals surface area contributed by atoms with Gasteiger partial charge in [0.25, 0.3) is 0 Å². The summed E-state index contributed by atoms with van der Waals surface area (Å²) in [5.41, 5.74) is 6.88. The van der Waals surface area contributed by atoms with Gasteiger partial charge in [0.15, 0.2) is 17.5 Å². The fourth-order valence-corrected chi connectivity index (χ4v) is 9.04. The first-order chi connectivity index (χ1) is 26.2. The topological polar surface area (TPSA) is 80.5 Å². The van der Waals surface area contributed by atoms with E-state index >= 15 is 0 Å². The number of aromatic nitrogens is 4. The van der Waals surface area contributed by atoms with Gasteiger partial charge in [0, 0.05) is 47.5 Å². The zero-order valence-corrected chi connectivity index (χ0v) is 28.8. The molecule has 0 bridgehead atoms. The monoisotopic (exact) mass is 695 g/mol. The Morgan fingerprint density at radius 3 is 1.91 bits per heavy atom. The number of furan rings is 1. The highest BCUT2D eigenvalue weighted by molar-refractivity contribution is 7.26. The molecule has 246 valence electrons. The summed E-state index contributed by atoms with van der Waals surface area (Å²) < 4.78 is 11.6. The molecule has 53 heavy (non-hydrogen) atoms. The van der Waals surface area contributed by atoms with Crippen molar-refractivity contribution < 1.29 is 4.42 Å². The minimum absolute atomic E-state index is 0.374. The highest BCUT2D eigenvalue weighted by atomic mass is 32.1. The Labute approximate surface area is 306 Å². The van der Waals surface area contributed by atoms with E-state index in [1.165, 1.54) is 25.6 Å². The van der Waals surface area contributed by atoms with Crippen LogP contribution in [0.25, 0.3) is 104 Å². The Bertz CT molecular complexity index is 3240. The van der Waals surface area contributed by atoms with Gasteiger partial charge < -0.3 is 8.98 Å². The molecule has 0 radical (unpaired) electrons. The van der Waals surface area contributed by atoms with Gasteiger partial charge in [-0.2, -0.15) is 5.26 Å². The Morgan fingerprint density at radius 2 is 1.17 bits per heavy atom. The summed E-state index contributed by atoms with van der Waals surface area (Å²) in [7, 11) is 0. The molecule has 0 spiro atoms. The number of thiophene rings is 1. The zero-order chi connectivity index (χ0) is 35.0. The molecule has 4 heterocycles. The maximum Gasteiger partial charge on any atom is 0.169 e. The van der Waals surface area contributed by atoms with Crippen molar-refractivity contribution in [3.8, 4) is 45.9 Å². The lowest BCUT2D eigenvalue weighted by molar-refractivity contribution is 0.669. The first kappa shape index (κ1) is 29.6. The van der Waals surface area contributed by atoms with Crippen LogP contribution in [0.3, 0.4) is 0 Å². The second-order valence-electron chi connectivity index (χ2n) is 13.1. The van der Waals surface area contributed by atoms with E-state index in [1.54, 1.807) is 0 Å². The van der Waals surface area contributed by atoms with Crippen LogP contribution >= 0.6 is 11.3 Å². The normalized spacial score (nSPS) is 11.8. The van der Waals surface area contributed by atoms with Crippen molar-refractivity contribution in [1.29, 1.82) is 5.26 Å². The lowest BCUT2D eigenvalue weighted by Crippen LogP contribution is -2.03. The van der Waals surface area contributed by atoms with Gasteiger partial charge in [-0.05, 0) is 30.3 Å². The number of para-hydroxylation sites is 2. The van der Waals surface area contributed by atoms with Crippen LogP contribution < -0.4 is 0 Å². The fraction of sp³-hybridized carbons (Fsp3) is 0. The van der Waals surface area contributed by atoms with Crippen LogP contribution in [-0.4, -0.2) is 19.5 Å². The number of nitriles is 1. The standard InChI is InChI=1S/C46H25N5OS/c47-26-29-25-36(51-34-20-10-7-18-32(34)41-35(51)24-23-31-30-17-9-12-22-38(30)53-43(31)41)40-33-19-8-11-21-37(33)52-42(40)39(29)46-49-44(27-13-3-1-4-14-27)48-45(50-46)28-15-5-2-6-16-28/h1-25H. The average molecular weight is 696 g/mol. The van der Waals surface area contributed by atoms with Gasteiger partial charge in [0.05, 0.1) is 33.2 Å². The molecule has 0 aliphatic carbocycles. The van der Waals surface area contributed by atoms with Crippen LogP contribution in [0.2, 0.25) is 0 Å². The van der Waals surface area contributed by atoms with E-state index < -0.39 is 0 Å². The Kier molecular flexibility index (Phi) is 6.38. The molecule has 0 aliphatic heterocycles. The van der Waals surface area contributed by atoms with E-state index in [0.29, 0.717) is 39.8 Å². The molecule has 0 saturated carbocycles. The van der Waals surface area contributed by atoms with Crippen molar-refractivity contribution in [2.75, 3.05) is 0 Å². The molecule has 0 saturated heterocycles. The lowest BCUT2D eigenvalue weighted by atomic mass is 10.00. The summed E-state index contributed by atoms with van der Waals surface area (Å²) in [5.74, 6) is 1.40. The van der Waals surface area contributed by atoms with E-state index in [-0.39, 0.29) is 0 Å². The van der Waals surface area contributed by atoms with Gasteiger partial charge in [-0.25, -0.2) is 15.0 Å². The lowest BCUT2D eigenvalue weighted by Gasteiger charge is -2.14. The Balaban J connectivity index is 1.27. The predicted octanol–water partition coefficient (Wildman–Crippen LogP) is 12.1. The fourth-order valence-electron chi connectivity index (χ4n) is 7.78. The van der Waals surface area contributed by atoms with Crippen LogP contribution in [0.4, 0.5) is 0 Å². The maximum atomic E-state index is 11.0. The molecule has 0 fully saturated rings. The molecule has 4 aromatic heterocycles. The van der Waals surface area contributed by atoms with E-state index in [2.05, 4.69) is 77.4 Å². The maximum absolute atomic E-state index is 11.0. The second-order valence-corrected chi connectivity index (χ2v) is 14.1. The molecule has 0 amide bonds. The van der Waals surface area contributed by atoms with Crippen LogP contribution in [0.1, 0.15) is 5.56 Å². The quantitative estimate of drug-likeness (QED) is 0.183. The van der Waals surface area contributed by atoms with Crippen molar-refractivity contribution in [3.05, 3.63) is 157 Å². The number of rotatable bonds is 4. The molecular weight excluding hydrogens is 671 g/mol. The molecule has 7 aromatic carbocycles. The van der Waals surface area contributed by atoms with Crippen LogP contribution in [0.5, 0.6) is 0 Å². The van der Waals surface area contributed by atoms with Crippen molar-refractivity contribution in [1.82, 2.24) is 19.5 Å². The summed E-state index contributed by atoms with van der Waals surface area (Å²) in [6, 6.07) is 53.8. The van der Waals surface area contributed by atoms with Crippen molar-refractivity contribution >= 4 is 75.3 Å². The average Bonchev–Trinajstić information content (AvgIpc) is 3.90. The van der Waals surface area contributed by atoms with Gasteiger partial charge in [-0.15, -0.1) is 11.3 Å². The molecule has 0 aliphatic rings. The summed E-state index contributed by atoms with van der Waals surface area (Å²) >= 11 is 1.82. The first-order valence-corrected chi connectivity index (χ1v) is 18.2. The van der Waals surface area contributed by atoms with Crippen molar-refractivity contribution in [2.24, 2.45) is 0 Å². The molecule has 0 N–H and O–H groups in total. The number of benzene rings is 7. The highest BCUT2D eigenvalue weighted by Gasteiger charge is 2.27. The molecule has 7 heteroatoms. The van der Waals surface area contributed by atoms with Crippen LogP contribution in [0.15, 0.2) is 156 Å². The third-order valence-corrected chi connectivity index (χ3v) is 11.3. The third kappa shape index (κ3) is 4.40. The number of hydrogen-bond donors (Lipinski definition) is 0. The van der Waals surface area contributed by atoms with E-state index in [0.717, 1.165) is 44.0 Å². The Morgan fingerprint density at radius 1 is 0.547 bits per heavy atom. The van der Waals surface area contributed by atoms with Gasteiger partial charge >= 0.3 is 0 Å². The predicted molar refractivity (Wildman–Crippen MR) is 215 cm³/mol. The van der Waals surface area contributed by atoms with Crippen LogP contribution in [-0.2, 0) is 0 Å². The van der Waals surface area contributed by atoms with E-state index in [4.69, 9.17) is 19.4 Å². The molecule has 11 aromatic rings. The van der Waals surface area contributed by atoms with Gasteiger partial charge in [0.2, 0.25) is 0 Å². The largest absolute Gasteiger partial charge is 0.455 e. The molecule has 11 rings (SSSR count). The highest BCUT2D eigenvalue weighted by Crippen LogP contribution is 2.47. The zero-order valence-electron chi connectivity index (χ0n) is 28.0. The number of hydrogen-bond acceptors (Lipinski definition) is 6. The second kappa shape index (κ2) is 11.4. The summed E-state index contributed by atoms with van der Waals surface area (Å²) in [6.07, 6.45) is 0. The number of fused-ring (bicyclic) bond motifs is 10. The summed E-state index contributed by atoms with van der Waals surface area (Å²) in [6.45, 7) is 0. The van der Waals surface area contributed by atoms with Crippen molar-refractivity contribution in [3.63, 3.8) is 0 Å². The van der Waals surface area contributed by atoms with E-state index in [1.807, 2.05) is 96.3 Å². The van der Waals surface area contributed by atoms with Crippen LogP contribution in [0, 0.1) is 11.3 Å². The minimum atomic E-state index is 0.374. The SMILES string of the molecule is N#Cc1cc(-n2c3ccccc3c3c4sc5ccccc5c4ccc32)c2c(oc3ccccc32)c1-c1nc(-c2ccccc2)nc(-c2ccccc2)n1. The molecular formula is C46H25N5OS. The minimum Gasteiger partial charge on any atom is -0.455 e. The third-order valence-electron chi connectivity index (χ3n) is 10.1.